The highest BCUT2D eigenvalue weighted by Gasteiger charge is 2.44. The molecule has 3 heterocycles. The molecule has 2 aliphatic rings. The molecule has 1 aromatic heterocycles. The van der Waals surface area contributed by atoms with Crippen LogP contribution >= 0.6 is 0 Å². The fourth-order valence-corrected chi connectivity index (χ4v) is 4.83. The van der Waals surface area contributed by atoms with Gasteiger partial charge in [-0.25, -0.2) is 0 Å². The summed E-state index contributed by atoms with van der Waals surface area (Å²) < 4.78 is 6.96. The van der Waals surface area contributed by atoms with Crippen molar-refractivity contribution < 1.29 is 14.6 Å². The lowest BCUT2D eigenvalue weighted by molar-refractivity contribution is -0.146. The Kier molecular flexibility index (Phi) is 6.55. The smallest absolute Gasteiger partial charge is 0.320 e. The maximum absolute atomic E-state index is 11.8. The van der Waals surface area contributed by atoms with Gasteiger partial charge in [0.05, 0.1) is 18.8 Å². The molecular weight excluding hydrogens is 344 g/mol. The first-order valence-electron chi connectivity index (χ1n) is 10.2. The number of aromatic nitrogens is 2. The average molecular weight is 379 g/mol. The first-order valence-corrected chi connectivity index (χ1v) is 10.2. The number of hydrogen-bond donors (Lipinski definition) is 1. The summed E-state index contributed by atoms with van der Waals surface area (Å²) in [6.07, 6.45) is 5.40. The van der Waals surface area contributed by atoms with Crippen molar-refractivity contribution in [1.82, 2.24) is 19.6 Å². The van der Waals surface area contributed by atoms with Crippen molar-refractivity contribution in [2.24, 2.45) is 18.4 Å². The Morgan fingerprint density at radius 1 is 1.30 bits per heavy atom. The van der Waals surface area contributed by atoms with Crippen molar-refractivity contribution >= 4 is 5.97 Å². The first kappa shape index (κ1) is 20.3. The summed E-state index contributed by atoms with van der Waals surface area (Å²) in [7, 11) is 1.97. The van der Waals surface area contributed by atoms with E-state index in [0.29, 0.717) is 13.2 Å². The number of carbonyl (C=O) groups excluding carboxylic acids is 1. The number of carbonyl (C=O) groups is 1. The number of ether oxygens (including phenoxy) is 1. The van der Waals surface area contributed by atoms with E-state index in [2.05, 4.69) is 28.0 Å². The van der Waals surface area contributed by atoms with E-state index < -0.39 is 0 Å². The Labute approximate surface area is 162 Å². The molecule has 2 aliphatic heterocycles. The standard InChI is InChI=1S/C20H34N4O3/c1-4-27-19(26)14-24-10-7-20(18(13-24)15-25)5-8-23(9-6-20)12-17-11-22(3)21-16(17)2/h11,18,25H,4-10,12-15H2,1-3H3/t18-/m0/s1. The van der Waals surface area contributed by atoms with Crippen molar-refractivity contribution in [3.8, 4) is 0 Å². The molecule has 1 spiro atoms. The van der Waals surface area contributed by atoms with Crippen LogP contribution < -0.4 is 0 Å². The van der Waals surface area contributed by atoms with Gasteiger partial charge in [0.2, 0.25) is 0 Å². The van der Waals surface area contributed by atoms with Crippen LogP contribution in [0.2, 0.25) is 0 Å². The minimum absolute atomic E-state index is 0.160. The van der Waals surface area contributed by atoms with Gasteiger partial charge in [0, 0.05) is 44.4 Å². The third kappa shape index (κ3) is 4.70. The molecule has 0 amide bonds. The minimum atomic E-state index is -0.160. The monoisotopic (exact) mass is 378 g/mol. The van der Waals surface area contributed by atoms with Crippen LogP contribution in [-0.4, -0.2) is 76.6 Å². The summed E-state index contributed by atoms with van der Waals surface area (Å²) in [5.41, 5.74) is 2.62. The number of aryl methyl sites for hydroxylation is 2. The van der Waals surface area contributed by atoms with Gasteiger partial charge in [0.15, 0.2) is 0 Å². The molecule has 0 aromatic carbocycles. The fourth-order valence-electron chi connectivity index (χ4n) is 4.83. The van der Waals surface area contributed by atoms with Gasteiger partial charge in [-0.05, 0) is 58.2 Å². The lowest BCUT2D eigenvalue weighted by atomic mass is 9.64. The quantitative estimate of drug-likeness (QED) is 0.750. The summed E-state index contributed by atoms with van der Waals surface area (Å²) >= 11 is 0. The largest absolute Gasteiger partial charge is 0.465 e. The van der Waals surface area contributed by atoms with Crippen LogP contribution in [0.1, 0.15) is 37.4 Å². The SMILES string of the molecule is CCOC(=O)CN1CCC2(CCN(Cc3cn(C)nc3C)CC2)[C@H](CO)C1. The van der Waals surface area contributed by atoms with Gasteiger partial charge in [-0.3, -0.25) is 19.3 Å². The lowest BCUT2D eigenvalue weighted by Crippen LogP contribution is -2.54. The molecule has 3 rings (SSSR count). The molecule has 0 radical (unpaired) electrons. The van der Waals surface area contributed by atoms with E-state index in [4.69, 9.17) is 4.74 Å². The Morgan fingerprint density at radius 2 is 1.96 bits per heavy atom. The average Bonchev–Trinajstić information content (AvgIpc) is 2.96. The Bertz CT molecular complexity index is 637. The molecule has 0 bridgehead atoms. The van der Waals surface area contributed by atoms with E-state index in [1.54, 1.807) is 0 Å². The number of rotatable bonds is 6. The van der Waals surface area contributed by atoms with Crippen LogP contribution in [-0.2, 0) is 23.1 Å². The van der Waals surface area contributed by atoms with Gasteiger partial charge in [0.1, 0.15) is 0 Å². The molecule has 1 atom stereocenters. The second kappa shape index (κ2) is 8.71. The van der Waals surface area contributed by atoms with E-state index in [9.17, 15) is 9.90 Å². The predicted molar refractivity (Wildman–Crippen MR) is 103 cm³/mol. The maximum Gasteiger partial charge on any atom is 0.320 e. The van der Waals surface area contributed by atoms with Crippen LogP contribution in [0, 0.1) is 18.3 Å². The van der Waals surface area contributed by atoms with Gasteiger partial charge in [-0.15, -0.1) is 0 Å². The number of hydrogen-bond acceptors (Lipinski definition) is 6. The molecule has 7 heteroatoms. The third-order valence-electron chi connectivity index (χ3n) is 6.51. The van der Waals surface area contributed by atoms with Crippen molar-refractivity contribution in [3.63, 3.8) is 0 Å². The van der Waals surface area contributed by atoms with Gasteiger partial charge >= 0.3 is 5.97 Å². The van der Waals surface area contributed by atoms with Crippen molar-refractivity contribution in [1.29, 1.82) is 0 Å². The molecule has 27 heavy (non-hydrogen) atoms. The molecule has 0 aliphatic carbocycles. The number of aliphatic hydroxyl groups excluding tert-OH is 1. The number of aliphatic hydroxyl groups is 1. The molecule has 2 fully saturated rings. The van der Waals surface area contributed by atoms with Crippen molar-refractivity contribution in [3.05, 3.63) is 17.5 Å². The van der Waals surface area contributed by atoms with Crippen LogP contribution in [0.3, 0.4) is 0 Å². The Morgan fingerprint density at radius 3 is 2.52 bits per heavy atom. The van der Waals surface area contributed by atoms with Gasteiger partial charge < -0.3 is 9.84 Å². The maximum atomic E-state index is 11.8. The number of nitrogens with zero attached hydrogens (tertiary/aromatic N) is 4. The minimum Gasteiger partial charge on any atom is -0.465 e. The van der Waals surface area contributed by atoms with E-state index in [1.165, 1.54) is 5.56 Å². The van der Waals surface area contributed by atoms with Gasteiger partial charge in [-0.2, -0.15) is 5.10 Å². The third-order valence-corrected chi connectivity index (χ3v) is 6.51. The van der Waals surface area contributed by atoms with Crippen LogP contribution in [0.15, 0.2) is 6.20 Å². The Balaban J connectivity index is 1.55. The fraction of sp³-hybridized carbons (Fsp3) is 0.800. The predicted octanol–water partition coefficient (Wildman–Crippen LogP) is 1.19. The zero-order valence-electron chi connectivity index (χ0n) is 17.0. The number of piperidine rings is 2. The highest BCUT2D eigenvalue weighted by Crippen LogP contribution is 2.45. The highest BCUT2D eigenvalue weighted by atomic mass is 16.5. The van der Waals surface area contributed by atoms with E-state index in [1.807, 2.05) is 18.7 Å². The van der Waals surface area contributed by atoms with Crippen molar-refractivity contribution in [2.75, 3.05) is 45.9 Å². The molecule has 152 valence electrons. The van der Waals surface area contributed by atoms with Gasteiger partial charge in [-0.1, -0.05) is 0 Å². The molecule has 7 nitrogen and oxygen atoms in total. The summed E-state index contributed by atoms with van der Waals surface area (Å²) in [4.78, 5) is 16.4. The zero-order chi connectivity index (χ0) is 19.4. The Hall–Kier alpha value is -1.44. The number of esters is 1. The highest BCUT2D eigenvalue weighted by molar-refractivity contribution is 5.71. The molecule has 1 aromatic rings. The lowest BCUT2D eigenvalue weighted by Gasteiger charge is -2.51. The van der Waals surface area contributed by atoms with E-state index in [0.717, 1.165) is 57.7 Å². The molecule has 0 saturated carbocycles. The summed E-state index contributed by atoms with van der Waals surface area (Å²) in [6, 6.07) is 0. The molecular formula is C20H34N4O3. The molecule has 0 unspecified atom stereocenters. The van der Waals surface area contributed by atoms with Gasteiger partial charge in [0.25, 0.3) is 0 Å². The number of likely N-dealkylation sites (tertiary alicyclic amines) is 2. The van der Waals surface area contributed by atoms with E-state index in [-0.39, 0.29) is 23.9 Å². The molecule has 1 N–H and O–H groups in total. The summed E-state index contributed by atoms with van der Waals surface area (Å²) in [5.74, 6) is 0.0785. The zero-order valence-corrected chi connectivity index (χ0v) is 17.0. The van der Waals surface area contributed by atoms with Crippen LogP contribution in [0.4, 0.5) is 0 Å². The van der Waals surface area contributed by atoms with Crippen molar-refractivity contribution in [2.45, 2.75) is 39.7 Å². The second-order valence-electron chi connectivity index (χ2n) is 8.22. The summed E-state index contributed by atoms with van der Waals surface area (Å²) in [6.45, 7) is 9.64. The topological polar surface area (TPSA) is 70.8 Å². The van der Waals surface area contributed by atoms with Crippen LogP contribution in [0.25, 0.3) is 0 Å². The van der Waals surface area contributed by atoms with Crippen LogP contribution in [0.5, 0.6) is 0 Å². The second-order valence-corrected chi connectivity index (χ2v) is 8.22. The first-order chi connectivity index (χ1) is 13.0. The summed E-state index contributed by atoms with van der Waals surface area (Å²) in [5, 5.41) is 14.5. The van der Waals surface area contributed by atoms with E-state index >= 15 is 0 Å². The normalized spacial score (nSPS) is 23.6. The molecule has 2 saturated heterocycles.